The SMILES string of the molecule is CC(C)(C)c1ccc(Oc2ccc3cc(C(=O)N[C@@H](Cc4ccc(-c5ccccc5)cc4)C(=O)O)nc(CC4CCCC4)c3c2)cc1. The van der Waals surface area contributed by atoms with Crippen molar-refractivity contribution in [3.8, 4) is 22.6 Å². The molecule has 6 nitrogen and oxygen atoms in total. The number of nitrogens with zero attached hydrogens (tertiary/aromatic N) is 1. The average Bonchev–Trinajstić information content (AvgIpc) is 3.58. The number of carbonyl (C=O) groups excluding carboxylic acids is 1. The first kappa shape index (κ1) is 32.0. The molecule has 0 radical (unpaired) electrons. The summed E-state index contributed by atoms with van der Waals surface area (Å²) in [6.45, 7) is 6.56. The van der Waals surface area contributed by atoms with Crippen LogP contribution in [0.15, 0.2) is 103 Å². The molecule has 1 amide bonds. The molecule has 2 N–H and O–H groups in total. The minimum atomic E-state index is -1.10. The molecule has 5 aromatic rings. The monoisotopic (exact) mass is 626 g/mol. The Labute approximate surface area is 276 Å². The van der Waals surface area contributed by atoms with E-state index in [2.05, 4.69) is 38.2 Å². The number of aromatic nitrogens is 1. The first-order valence-corrected chi connectivity index (χ1v) is 16.5. The van der Waals surface area contributed by atoms with E-state index in [1.54, 1.807) is 6.07 Å². The third-order valence-electron chi connectivity index (χ3n) is 9.13. The summed E-state index contributed by atoms with van der Waals surface area (Å²) in [6, 6.07) is 32.5. The lowest BCUT2D eigenvalue weighted by molar-refractivity contribution is -0.139. The molecule has 0 saturated heterocycles. The smallest absolute Gasteiger partial charge is 0.326 e. The van der Waals surface area contributed by atoms with Gasteiger partial charge in [-0.25, -0.2) is 9.78 Å². The summed E-state index contributed by atoms with van der Waals surface area (Å²) < 4.78 is 6.25. The molecule has 0 spiro atoms. The van der Waals surface area contributed by atoms with Gasteiger partial charge in [0.1, 0.15) is 23.2 Å². The highest BCUT2D eigenvalue weighted by Gasteiger charge is 2.24. The zero-order valence-corrected chi connectivity index (χ0v) is 27.3. The maximum absolute atomic E-state index is 13.6. The highest BCUT2D eigenvalue weighted by atomic mass is 16.5. The number of fused-ring (bicyclic) bond motifs is 1. The molecule has 1 heterocycles. The van der Waals surface area contributed by atoms with Crippen molar-refractivity contribution in [1.82, 2.24) is 10.3 Å². The molecule has 6 heteroatoms. The zero-order valence-electron chi connectivity index (χ0n) is 27.3. The molecule has 1 fully saturated rings. The number of pyridine rings is 1. The second kappa shape index (κ2) is 13.8. The lowest BCUT2D eigenvalue weighted by atomic mass is 9.87. The van der Waals surface area contributed by atoms with Crippen LogP contribution in [0.5, 0.6) is 11.5 Å². The van der Waals surface area contributed by atoms with Gasteiger partial charge in [-0.3, -0.25) is 4.79 Å². The molecule has 4 aromatic carbocycles. The Morgan fingerprint density at radius 3 is 2.17 bits per heavy atom. The minimum Gasteiger partial charge on any atom is -0.480 e. The van der Waals surface area contributed by atoms with Crippen molar-refractivity contribution >= 4 is 22.6 Å². The predicted molar refractivity (Wildman–Crippen MR) is 187 cm³/mol. The van der Waals surface area contributed by atoms with Crippen LogP contribution < -0.4 is 10.1 Å². The first-order valence-electron chi connectivity index (χ1n) is 16.5. The van der Waals surface area contributed by atoms with Crippen LogP contribution in [0.3, 0.4) is 0 Å². The Kier molecular flexibility index (Phi) is 9.39. The van der Waals surface area contributed by atoms with Gasteiger partial charge in [0.05, 0.1) is 0 Å². The molecule has 1 atom stereocenters. The van der Waals surface area contributed by atoms with Gasteiger partial charge in [0, 0.05) is 17.5 Å². The van der Waals surface area contributed by atoms with E-state index < -0.39 is 17.9 Å². The first-order chi connectivity index (χ1) is 22.6. The van der Waals surface area contributed by atoms with Gasteiger partial charge in [0.15, 0.2) is 0 Å². The van der Waals surface area contributed by atoms with Crippen molar-refractivity contribution < 1.29 is 19.4 Å². The maximum atomic E-state index is 13.6. The van der Waals surface area contributed by atoms with Crippen LogP contribution in [-0.2, 0) is 23.1 Å². The number of carboxylic acids is 1. The standard InChI is InChI=1S/C41H42N2O4/c1-41(2,3)32-18-21-33(22-19-32)47-34-20-17-31-25-37(42-36(35(31)26-34)23-27-9-7-8-10-27)39(44)43-38(40(45)46)24-28-13-15-30(16-14-28)29-11-5-4-6-12-29/h4-6,11-22,25-27,38H,7-10,23-24H2,1-3H3,(H,43,44)(H,45,46)/t38-/m0/s1. The van der Waals surface area contributed by atoms with Crippen LogP contribution >= 0.6 is 0 Å². The molecule has 0 aliphatic heterocycles. The number of nitrogens with one attached hydrogen (secondary N) is 1. The summed E-state index contributed by atoms with van der Waals surface area (Å²) in [5, 5.41) is 14.6. The van der Waals surface area contributed by atoms with E-state index in [1.807, 2.05) is 84.9 Å². The van der Waals surface area contributed by atoms with E-state index in [9.17, 15) is 14.7 Å². The molecule has 0 bridgehead atoms. The van der Waals surface area contributed by atoms with E-state index in [-0.39, 0.29) is 17.5 Å². The van der Waals surface area contributed by atoms with Gasteiger partial charge in [0.25, 0.3) is 5.91 Å². The van der Waals surface area contributed by atoms with E-state index in [0.29, 0.717) is 11.7 Å². The summed E-state index contributed by atoms with van der Waals surface area (Å²) in [5.41, 5.74) is 5.33. The molecular formula is C41H42N2O4. The van der Waals surface area contributed by atoms with Gasteiger partial charge in [-0.15, -0.1) is 0 Å². The van der Waals surface area contributed by atoms with Gasteiger partial charge in [-0.2, -0.15) is 0 Å². The summed E-state index contributed by atoms with van der Waals surface area (Å²) in [6.07, 6.45) is 5.61. The van der Waals surface area contributed by atoms with E-state index in [1.165, 1.54) is 18.4 Å². The number of ether oxygens (including phenoxy) is 1. The summed E-state index contributed by atoms with van der Waals surface area (Å²) in [7, 11) is 0. The van der Waals surface area contributed by atoms with Gasteiger partial charge >= 0.3 is 5.97 Å². The Balaban J connectivity index is 1.23. The van der Waals surface area contributed by atoms with Crippen molar-refractivity contribution in [2.75, 3.05) is 0 Å². The van der Waals surface area contributed by atoms with Gasteiger partial charge in [0.2, 0.25) is 0 Å². The third-order valence-corrected chi connectivity index (χ3v) is 9.13. The van der Waals surface area contributed by atoms with Gasteiger partial charge in [-0.05, 0) is 75.7 Å². The van der Waals surface area contributed by atoms with Crippen molar-refractivity contribution in [2.24, 2.45) is 5.92 Å². The van der Waals surface area contributed by atoms with E-state index in [0.717, 1.165) is 58.2 Å². The quantitative estimate of drug-likeness (QED) is 0.161. The second-order valence-corrected chi connectivity index (χ2v) is 13.7. The summed E-state index contributed by atoms with van der Waals surface area (Å²) in [4.78, 5) is 30.7. The van der Waals surface area contributed by atoms with Crippen LogP contribution in [0.1, 0.15) is 73.8 Å². The van der Waals surface area contributed by atoms with E-state index in [4.69, 9.17) is 9.72 Å². The largest absolute Gasteiger partial charge is 0.480 e. The summed E-state index contributed by atoms with van der Waals surface area (Å²) in [5.74, 6) is 0.385. The highest BCUT2D eigenvalue weighted by Crippen LogP contribution is 2.33. The number of amides is 1. The fraction of sp³-hybridized carbons (Fsp3) is 0.293. The minimum absolute atomic E-state index is 0.0604. The van der Waals surface area contributed by atoms with Crippen molar-refractivity contribution in [3.63, 3.8) is 0 Å². The number of hydrogen-bond donors (Lipinski definition) is 2. The molecule has 1 saturated carbocycles. The molecule has 1 aliphatic carbocycles. The highest BCUT2D eigenvalue weighted by molar-refractivity contribution is 5.99. The molecule has 240 valence electrons. The van der Waals surface area contributed by atoms with Gasteiger partial charge < -0.3 is 15.2 Å². The lowest BCUT2D eigenvalue weighted by Crippen LogP contribution is -2.42. The topological polar surface area (TPSA) is 88.5 Å². The summed E-state index contributed by atoms with van der Waals surface area (Å²) >= 11 is 0. The third kappa shape index (κ3) is 7.89. The molecule has 0 unspecified atom stereocenters. The molecule has 47 heavy (non-hydrogen) atoms. The Morgan fingerprint density at radius 1 is 0.851 bits per heavy atom. The van der Waals surface area contributed by atoms with Crippen LogP contribution in [-0.4, -0.2) is 28.0 Å². The number of carbonyl (C=O) groups is 2. The lowest BCUT2D eigenvalue weighted by Gasteiger charge is -2.19. The predicted octanol–water partition coefficient (Wildman–Crippen LogP) is 9.15. The van der Waals surface area contributed by atoms with Crippen LogP contribution in [0.2, 0.25) is 0 Å². The molecule has 6 rings (SSSR count). The van der Waals surface area contributed by atoms with Crippen LogP contribution in [0.4, 0.5) is 0 Å². The maximum Gasteiger partial charge on any atom is 0.326 e. The van der Waals surface area contributed by atoms with E-state index >= 15 is 0 Å². The van der Waals surface area contributed by atoms with Crippen LogP contribution in [0.25, 0.3) is 21.9 Å². The zero-order chi connectivity index (χ0) is 33.0. The molecule has 1 aliphatic rings. The van der Waals surface area contributed by atoms with Gasteiger partial charge in [-0.1, -0.05) is 119 Å². The fourth-order valence-electron chi connectivity index (χ4n) is 6.41. The second-order valence-electron chi connectivity index (χ2n) is 13.7. The number of carboxylic acid groups (broad SMARTS) is 1. The molecular weight excluding hydrogens is 584 g/mol. The Bertz CT molecular complexity index is 1850. The number of rotatable bonds is 10. The number of hydrogen-bond acceptors (Lipinski definition) is 4. The molecule has 1 aromatic heterocycles. The van der Waals surface area contributed by atoms with Crippen molar-refractivity contribution in [2.45, 2.75) is 70.8 Å². The average molecular weight is 627 g/mol. The number of aliphatic carboxylic acids is 1. The fourth-order valence-corrected chi connectivity index (χ4v) is 6.41. The van der Waals surface area contributed by atoms with Crippen molar-refractivity contribution in [1.29, 1.82) is 0 Å². The Hall–Kier alpha value is -4.97. The number of benzene rings is 4. The normalized spacial score (nSPS) is 14.2. The van der Waals surface area contributed by atoms with Crippen LogP contribution in [0, 0.1) is 5.92 Å². The Morgan fingerprint density at radius 2 is 1.51 bits per heavy atom. The van der Waals surface area contributed by atoms with Crippen molar-refractivity contribution in [3.05, 3.63) is 126 Å².